The Hall–Kier alpha value is -1.92. The number of anilines is 1. The fourth-order valence-electron chi connectivity index (χ4n) is 3.18. The molecule has 1 aromatic carbocycles. The predicted octanol–water partition coefficient (Wildman–Crippen LogP) is 3.06. The lowest BCUT2D eigenvalue weighted by atomic mass is 10.2. The van der Waals surface area contributed by atoms with E-state index in [1.54, 1.807) is 6.92 Å². The first kappa shape index (κ1) is 17.9. The smallest absolute Gasteiger partial charge is 0.190 e. The molecule has 1 aliphatic heterocycles. The molecule has 2 aromatic rings. The molecular formula is C19H26N4OS. The summed E-state index contributed by atoms with van der Waals surface area (Å²) in [6.07, 6.45) is 0. The molecule has 0 bridgehead atoms. The number of hydrogen-bond acceptors (Lipinski definition) is 5. The first-order valence-electron chi connectivity index (χ1n) is 8.79. The van der Waals surface area contributed by atoms with Crippen LogP contribution >= 0.6 is 11.3 Å². The van der Waals surface area contributed by atoms with Crippen LogP contribution in [0.1, 0.15) is 29.2 Å². The van der Waals surface area contributed by atoms with E-state index < -0.39 is 0 Å². The molecule has 0 unspecified atom stereocenters. The van der Waals surface area contributed by atoms with Gasteiger partial charge in [-0.1, -0.05) is 11.3 Å². The van der Waals surface area contributed by atoms with E-state index in [-0.39, 0.29) is 5.78 Å². The molecular weight excluding hydrogens is 332 g/mol. The Bertz CT molecular complexity index is 811. The summed E-state index contributed by atoms with van der Waals surface area (Å²) in [5.41, 5.74) is 3.19. The quantitative estimate of drug-likeness (QED) is 0.789. The Kier molecular flexibility index (Phi) is 5.39. The molecule has 1 fully saturated rings. The first-order valence-corrected chi connectivity index (χ1v) is 9.60. The van der Waals surface area contributed by atoms with E-state index >= 15 is 0 Å². The predicted molar refractivity (Wildman–Crippen MR) is 104 cm³/mol. The molecule has 1 saturated heterocycles. The van der Waals surface area contributed by atoms with Crippen molar-refractivity contribution in [3.8, 4) is 0 Å². The highest BCUT2D eigenvalue weighted by atomic mass is 32.1. The normalized spacial score (nSPS) is 16.5. The average Bonchev–Trinajstić information content (AvgIpc) is 2.92. The third-order valence-corrected chi connectivity index (χ3v) is 6.02. The van der Waals surface area contributed by atoms with Crippen LogP contribution in [0.15, 0.2) is 29.3 Å². The maximum absolute atomic E-state index is 11.8. The molecule has 0 spiro atoms. The van der Waals surface area contributed by atoms with Crippen molar-refractivity contribution in [2.45, 2.75) is 27.3 Å². The van der Waals surface area contributed by atoms with Crippen LogP contribution in [0.5, 0.6) is 0 Å². The summed E-state index contributed by atoms with van der Waals surface area (Å²) in [7, 11) is 2.17. The van der Waals surface area contributed by atoms with Crippen LogP contribution in [0, 0.1) is 6.92 Å². The van der Waals surface area contributed by atoms with Gasteiger partial charge in [-0.25, -0.2) is 4.99 Å². The van der Waals surface area contributed by atoms with Crippen molar-refractivity contribution in [2.24, 2.45) is 4.99 Å². The summed E-state index contributed by atoms with van der Waals surface area (Å²) < 4.78 is 2.11. The molecule has 0 radical (unpaired) electrons. The van der Waals surface area contributed by atoms with Gasteiger partial charge in [0, 0.05) is 51.0 Å². The van der Waals surface area contributed by atoms with Gasteiger partial charge in [0.1, 0.15) is 0 Å². The second-order valence-electron chi connectivity index (χ2n) is 6.52. The van der Waals surface area contributed by atoms with E-state index in [1.165, 1.54) is 17.0 Å². The molecule has 0 amide bonds. The van der Waals surface area contributed by atoms with Crippen LogP contribution in [0.2, 0.25) is 0 Å². The van der Waals surface area contributed by atoms with Crippen LogP contribution in [0.4, 0.5) is 11.4 Å². The van der Waals surface area contributed by atoms with Gasteiger partial charge in [0.15, 0.2) is 10.6 Å². The second-order valence-corrected chi connectivity index (χ2v) is 7.50. The van der Waals surface area contributed by atoms with Crippen molar-refractivity contribution in [3.63, 3.8) is 0 Å². The van der Waals surface area contributed by atoms with Crippen LogP contribution in [0.3, 0.4) is 0 Å². The number of carbonyl (C=O) groups excluding carboxylic acids is 1. The number of nitrogens with zero attached hydrogens (tertiary/aromatic N) is 4. The molecule has 0 N–H and O–H groups in total. The van der Waals surface area contributed by atoms with Crippen molar-refractivity contribution >= 4 is 28.5 Å². The number of hydrogen-bond donors (Lipinski definition) is 0. The van der Waals surface area contributed by atoms with Gasteiger partial charge in [-0.2, -0.15) is 0 Å². The molecule has 6 heteroatoms. The standard InChI is InChI=1S/C19H26N4OS/c1-5-23-14(2)18(15(3)24)25-19(23)20-16-6-8-17(9-7-16)22-12-10-21(4)11-13-22/h6-9H,5,10-13H2,1-4H3/b20-19-. The third-order valence-electron chi connectivity index (χ3n) is 4.74. The van der Waals surface area contributed by atoms with Crippen LogP contribution in [0.25, 0.3) is 0 Å². The minimum absolute atomic E-state index is 0.108. The van der Waals surface area contributed by atoms with Gasteiger partial charge in [0.2, 0.25) is 0 Å². The zero-order valence-corrected chi connectivity index (χ0v) is 16.3. The highest BCUT2D eigenvalue weighted by molar-refractivity contribution is 7.11. The minimum Gasteiger partial charge on any atom is -0.369 e. The lowest BCUT2D eigenvalue weighted by Crippen LogP contribution is -2.44. The van der Waals surface area contributed by atoms with Gasteiger partial charge in [-0.15, -0.1) is 0 Å². The number of benzene rings is 1. The molecule has 1 aromatic heterocycles. The maximum atomic E-state index is 11.8. The van der Waals surface area contributed by atoms with Gasteiger partial charge in [0.25, 0.3) is 0 Å². The number of ketones is 1. The summed E-state index contributed by atoms with van der Waals surface area (Å²) >= 11 is 1.48. The van der Waals surface area contributed by atoms with Gasteiger partial charge in [-0.3, -0.25) is 4.79 Å². The van der Waals surface area contributed by atoms with Crippen molar-refractivity contribution in [1.82, 2.24) is 9.47 Å². The summed E-state index contributed by atoms with van der Waals surface area (Å²) in [4.78, 5) is 23.0. The number of rotatable bonds is 4. The number of carbonyl (C=O) groups is 1. The lowest BCUT2D eigenvalue weighted by molar-refractivity contribution is 0.102. The van der Waals surface area contributed by atoms with Gasteiger partial charge < -0.3 is 14.4 Å². The van der Waals surface area contributed by atoms with Crippen LogP contribution in [-0.4, -0.2) is 48.5 Å². The number of likely N-dealkylation sites (N-methyl/N-ethyl adjacent to an activating group) is 1. The molecule has 0 aliphatic carbocycles. The lowest BCUT2D eigenvalue weighted by Gasteiger charge is -2.34. The minimum atomic E-state index is 0.108. The SMILES string of the molecule is CCn1c(C)c(C(C)=O)s/c1=N\c1ccc(N2CCN(C)CC2)cc1. The number of thiazole rings is 1. The molecule has 0 atom stereocenters. The second kappa shape index (κ2) is 7.54. The van der Waals surface area contributed by atoms with Crippen LogP contribution in [-0.2, 0) is 6.54 Å². The number of aromatic nitrogens is 1. The summed E-state index contributed by atoms with van der Waals surface area (Å²) in [5.74, 6) is 0.108. The molecule has 3 rings (SSSR count). The molecule has 1 aliphatic rings. The fourth-order valence-corrected chi connectivity index (χ4v) is 4.29. The highest BCUT2D eigenvalue weighted by Crippen LogP contribution is 2.21. The Morgan fingerprint density at radius 1 is 1.16 bits per heavy atom. The van der Waals surface area contributed by atoms with E-state index in [0.717, 1.165) is 53.8 Å². The number of piperazine rings is 1. The molecule has 25 heavy (non-hydrogen) atoms. The summed E-state index contributed by atoms with van der Waals surface area (Å²) in [6.45, 7) is 10.8. The zero-order valence-electron chi connectivity index (χ0n) is 15.5. The Balaban J connectivity index is 1.87. The van der Waals surface area contributed by atoms with E-state index in [9.17, 15) is 4.79 Å². The van der Waals surface area contributed by atoms with E-state index in [0.29, 0.717) is 0 Å². The average molecular weight is 359 g/mol. The Labute approximate surface area is 153 Å². The number of Topliss-reactive ketones (excluding diaryl/α,β-unsaturated/α-hetero) is 1. The van der Waals surface area contributed by atoms with E-state index in [4.69, 9.17) is 4.99 Å². The topological polar surface area (TPSA) is 40.8 Å². The molecule has 5 nitrogen and oxygen atoms in total. The van der Waals surface area contributed by atoms with E-state index in [1.807, 2.05) is 6.92 Å². The monoisotopic (exact) mass is 358 g/mol. The Morgan fingerprint density at radius 2 is 1.80 bits per heavy atom. The molecule has 0 saturated carbocycles. The Morgan fingerprint density at radius 3 is 2.36 bits per heavy atom. The maximum Gasteiger partial charge on any atom is 0.190 e. The molecule has 2 heterocycles. The summed E-state index contributed by atoms with van der Waals surface area (Å²) in [5, 5.41) is 0. The van der Waals surface area contributed by atoms with Gasteiger partial charge in [0.05, 0.1) is 10.6 Å². The van der Waals surface area contributed by atoms with E-state index in [2.05, 4.69) is 52.6 Å². The fraction of sp³-hybridized carbons (Fsp3) is 0.474. The highest BCUT2D eigenvalue weighted by Gasteiger charge is 2.14. The summed E-state index contributed by atoms with van der Waals surface area (Å²) in [6, 6.07) is 8.42. The van der Waals surface area contributed by atoms with Crippen molar-refractivity contribution in [2.75, 3.05) is 38.1 Å². The van der Waals surface area contributed by atoms with Crippen molar-refractivity contribution < 1.29 is 4.79 Å². The van der Waals surface area contributed by atoms with Crippen LogP contribution < -0.4 is 9.70 Å². The third kappa shape index (κ3) is 3.85. The van der Waals surface area contributed by atoms with Crippen molar-refractivity contribution in [1.29, 1.82) is 0 Å². The van der Waals surface area contributed by atoms with Crippen molar-refractivity contribution in [3.05, 3.63) is 39.6 Å². The first-order chi connectivity index (χ1) is 12.0. The largest absolute Gasteiger partial charge is 0.369 e. The molecule has 134 valence electrons. The van der Waals surface area contributed by atoms with Gasteiger partial charge in [-0.05, 0) is 45.2 Å². The zero-order chi connectivity index (χ0) is 18.0. The van der Waals surface area contributed by atoms with Gasteiger partial charge >= 0.3 is 0 Å².